The monoisotopic (exact) mass is 339 g/mol. The summed E-state index contributed by atoms with van der Waals surface area (Å²) in [6.45, 7) is 1.37. The standard InChI is InChI=1S/C18H17N3O2S/c24-18-20-19-17(21(18)14-5-2-1-3-6-14)12-13-7-8-15-16(11-13)23-10-4-9-22-15/h1-3,5-8,11H,4,9-10,12H2,(H,20,24). The summed E-state index contributed by atoms with van der Waals surface area (Å²) in [7, 11) is 0. The molecule has 0 radical (unpaired) electrons. The molecule has 0 fully saturated rings. The van der Waals surface area contributed by atoms with Crippen LogP contribution in [0.25, 0.3) is 5.69 Å². The topological polar surface area (TPSA) is 52.1 Å². The van der Waals surface area contributed by atoms with Gasteiger partial charge in [-0.15, -0.1) is 0 Å². The highest BCUT2D eigenvalue weighted by Gasteiger charge is 2.13. The highest BCUT2D eigenvalue weighted by Crippen LogP contribution is 2.31. The number of aromatic nitrogens is 3. The molecule has 1 N–H and O–H groups in total. The molecular formula is C18H17N3O2S. The molecule has 1 aliphatic rings. The van der Waals surface area contributed by atoms with Crippen LogP contribution in [0.5, 0.6) is 11.5 Å². The second-order valence-electron chi connectivity index (χ2n) is 5.62. The van der Waals surface area contributed by atoms with E-state index in [1.54, 1.807) is 0 Å². The second kappa shape index (κ2) is 6.49. The average molecular weight is 339 g/mol. The van der Waals surface area contributed by atoms with E-state index in [1.807, 2.05) is 53.1 Å². The Balaban J connectivity index is 1.67. The molecule has 6 heteroatoms. The molecule has 0 saturated carbocycles. The fraction of sp³-hybridized carbons (Fsp3) is 0.222. The summed E-state index contributed by atoms with van der Waals surface area (Å²) in [6, 6.07) is 16.0. The Morgan fingerprint density at radius 1 is 1.04 bits per heavy atom. The van der Waals surface area contributed by atoms with Crippen molar-refractivity contribution in [1.82, 2.24) is 14.8 Å². The summed E-state index contributed by atoms with van der Waals surface area (Å²) in [5.41, 5.74) is 2.10. The van der Waals surface area contributed by atoms with Crippen LogP contribution in [-0.4, -0.2) is 28.0 Å². The molecule has 1 aliphatic heterocycles. The molecule has 0 atom stereocenters. The van der Waals surface area contributed by atoms with Crippen molar-refractivity contribution in [3.63, 3.8) is 0 Å². The van der Waals surface area contributed by atoms with Crippen molar-refractivity contribution >= 4 is 12.2 Å². The number of ether oxygens (including phenoxy) is 2. The lowest BCUT2D eigenvalue weighted by Gasteiger charge is -2.10. The first-order valence-electron chi connectivity index (χ1n) is 7.91. The van der Waals surface area contributed by atoms with Gasteiger partial charge in [-0.3, -0.25) is 9.67 Å². The number of para-hydroxylation sites is 1. The summed E-state index contributed by atoms with van der Waals surface area (Å²) in [5, 5.41) is 7.28. The van der Waals surface area contributed by atoms with Gasteiger partial charge in [-0.05, 0) is 42.0 Å². The van der Waals surface area contributed by atoms with E-state index in [0.717, 1.165) is 35.0 Å². The molecule has 2 aromatic carbocycles. The van der Waals surface area contributed by atoms with E-state index in [-0.39, 0.29) is 0 Å². The summed E-state index contributed by atoms with van der Waals surface area (Å²) in [6.07, 6.45) is 1.55. The number of benzene rings is 2. The van der Waals surface area contributed by atoms with Crippen LogP contribution >= 0.6 is 12.2 Å². The zero-order valence-corrected chi connectivity index (χ0v) is 13.9. The molecule has 0 bridgehead atoms. The van der Waals surface area contributed by atoms with E-state index in [4.69, 9.17) is 21.7 Å². The molecule has 3 aromatic rings. The van der Waals surface area contributed by atoms with Gasteiger partial charge in [-0.25, -0.2) is 0 Å². The Kier molecular flexibility index (Phi) is 4.04. The van der Waals surface area contributed by atoms with E-state index in [2.05, 4.69) is 10.2 Å². The van der Waals surface area contributed by atoms with Crippen molar-refractivity contribution in [2.24, 2.45) is 0 Å². The van der Waals surface area contributed by atoms with Gasteiger partial charge < -0.3 is 9.47 Å². The smallest absolute Gasteiger partial charge is 0.199 e. The third-order valence-electron chi connectivity index (χ3n) is 3.93. The second-order valence-corrected chi connectivity index (χ2v) is 6.01. The molecular weight excluding hydrogens is 322 g/mol. The lowest BCUT2D eigenvalue weighted by Crippen LogP contribution is -2.03. The Labute approximate surface area is 144 Å². The lowest BCUT2D eigenvalue weighted by molar-refractivity contribution is 0.297. The van der Waals surface area contributed by atoms with E-state index in [1.165, 1.54) is 0 Å². The number of rotatable bonds is 3. The Morgan fingerprint density at radius 2 is 1.83 bits per heavy atom. The van der Waals surface area contributed by atoms with Crippen molar-refractivity contribution in [3.05, 3.63) is 64.7 Å². The van der Waals surface area contributed by atoms with Crippen molar-refractivity contribution in [2.75, 3.05) is 13.2 Å². The zero-order chi connectivity index (χ0) is 16.4. The zero-order valence-electron chi connectivity index (χ0n) is 13.1. The number of nitrogens with one attached hydrogen (secondary N) is 1. The van der Waals surface area contributed by atoms with Crippen LogP contribution in [0.15, 0.2) is 48.5 Å². The fourth-order valence-corrected chi connectivity index (χ4v) is 3.05. The maximum absolute atomic E-state index is 5.77. The Morgan fingerprint density at radius 3 is 2.67 bits per heavy atom. The van der Waals surface area contributed by atoms with Gasteiger partial charge in [-0.1, -0.05) is 24.3 Å². The maximum atomic E-state index is 5.77. The van der Waals surface area contributed by atoms with Crippen LogP contribution in [0.2, 0.25) is 0 Å². The first kappa shape index (κ1) is 15.0. The first-order valence-corrected chi connectivity index (χ1v) is 8.32. The van der Waals surface area contributed by atoms with Crippen LogP contribution in [0.1, 0.15) is 17.8 Å². The Bertz CT molecular complexity index is 902. The predicted octanol–water partition coefficient (Wildman–Crippen LogP) is 3.68. The van der Waals surface area contributed by atoms with E-state index >= 15 is 0 Å². The lowest BCUT2D eigenvalue weighted by atomic mass is 10.1. The van der Waals surface area contributed by atoms with Crippen molar-refractivity contribution in [2.45, 2.75) is 12.8 Å². The van der Waals surface area contributed by atoms with Crippen LogP contribution < -0.4 is 9.47 Å². The van der Waals surface area contributed by atoms with Gasteiger partial charge in [0.25, 0.3) is 0 Å². The van der Waals surface area contributed by atoms with E-state index < -0.39 is 0 Å². The number of aromatic amines is 1. The van der Waals surface area contributed by atoms with Crippen LogP contribution in [0, 0.1) is 4.77 Å². The summed E-state index contributed by atoms with van der Waals surface area (Å²) < 4.78 is 14.0. The van der Waals surface area contributed by atoms with E-state index in [9.17, 15) is 0 Å². The average Bonchev–Trinajstić information content (AvgIpc) is 2.82. The van der Waals surface area contributed by atoms with Crippen LogP contribution in [0.4, 0.5) is 0 Å². The summed E-state index contributed by atoms with van der Waals surface area (Å²) in [5.74, 6) is 2.46. The van der Waals surface area contributed by atoms with Gasteiger partial charge in [0.15, 0.2) is 16.3 Å². The normalized spacial score (nSPS) is 13.5. The molecule has 24 heavy (non-hydrogen) atoms. The molecule has 0 aliphatic carbocycles. The third-order valence-corrected chi connectivity index (χ3v) is 4.20. The molecule has 0 amide bonds. The number of hydrogen-bond donors (Lipinski definition) is 1. The number of hydrogen-bond acceptors (Lipinski definition) is 4. The molecule has 4 rings (SSSR count). The minimum Gasteiger partial charge on any atom is -0.490 e. The van der Waals surface area contributed by atoms with Gasteiger partial charge in [0.1, 0.15) is 5.82 Å². The molecule has 2 heterocycles. The predicted molar refractivity (Wildman–Crippen MR) is 93.6 cm³/mol. The number of H-pyrrole nitrogens is 1. The van der Waals surface area contributed by atoms with Crippen molar-refractivity contribution in [3.8, 4) is 17.2 Å². The van der Waals surface area contributed by atoms with E-state index in [0.29, 0.717) is 24.4 Å². The maximum Gasteiger partial charge on any atom is 0.199 e. The van der Waals surface area contributed by atoms with Gasteiger partial charge in [-0.2, -0.15) is 5.10 Å². The minimum absolute atomic E-state index is 0.588. The van der Waals surface area contributed by atoms with Gasteiger partial charge in [0.2, 0.25) is 0 Å². The third kappa shape index (κ3) is 2.92. The quantitative estimate of drug-likeness (QED) is 0.740. The first-order chi connectivity index (χ1) is 11.8. The van der Waals surface area contributed by atoms with Gasteiger partial charge in [0, 0.05) is 18.5 Å². The molecule has 0 spiro atoms. The van der Waals surface area contributed by atoms with Crippen molar-refractivity contribution < 1.29 is 9.47 Å². The highest BCUT2D eigenvalue weighted by atomic mass is 32.1. The minimum atomic E-state index is 0.588. The molecule has 0 saturated heterocycles. The van der Waals surface area contributed by atoms with Crippen molar-refractivity contribution in [1.29, 1.82) is 0 Å². The van der Waals surface area contributed by atoms with Crippen LogP contribution in [-0.2, 0) is 6.42 Å². The molecule has 1 aromatic heterocycles. The number of nitrogens with zero attached hydrogens (tertiary/aromatic N) is 2. The largest absolute Gasteiger partial charge is 0.490 e. The summed E-state index contributed by atoms with van der Waals surface area (Å²) in [4.78, 5) is 0. The fourth-order valence-electron chi connectivity index (χ4n) is 2.79. The molecule has 0 unspecified atom stereocenters. The SMILES string of the molecule is S=c1[nH]nc(Cc2ccc3c(c2)OCCCO3)n1-c1ccccc1. The molecule has 122 valence electrons. The van der Waals surface area contributed by atoms with Crippen LogP contribution in [0.3, 0.4) is 0 Å². The summed E-state index contributed by atoms with van der Waals surface area (Å²) >= 11 is 5.39. The van der Waals surface area contributed by atoms with Gasteiger partial charge >= 0.3 is 0 Å². The highest BCUT2D eigenvalue weighted by molar-refractivity contribution is 7.71. The van der Waals surface area contributed by atoms with Gasteiger partial charge in [0.05, 0.1) is 13.2 Å². The Hall–Kier alpha value is -2.60. The number of fused-ring (bicyclic) bond motifs is 1. The molecule has 5 nitrogen and oxygen atoms in total.